The molecule has 50 heavy (non-hydrogen) atoms. The van der Waals surface area contributed by atoms with Gasteiger partial charge < -0.3 is 4.90 Å². The maximum absolute atomic E-state index is 8.49. The fourth-order valence-corrected chi connectivity index (χ4v) is 18.1. The zero-order valence-corrected chi connectivity index (χ0v) is 33.6. The van der Waals surface area contributed by atoms with Crippen molar-refractivity contribution < 1.29 is 49.3 Å². The number of nitrogens with zero attached hydrogens (tertiary/aromatic N) is 1. The van der Waals surface area contributed by atoms with Crippen molar-refractivity contribution in [3.63, 3.8) is 0 Å². The van der Waals surface area contributed by atoms with Crippen molar-refractivity contribution in [1.29, 1.82) is 0 Å². The molecule has 1 saturated heterocycles. The number of benzene rings is 5. The van der Waals surface area contributed by atoms with E-state index in [1.807, 2.05) is 6.07 Å². The summed E-state index contributed by atoms with van der Waals surface area (Å²) >= 11 is 6.67. The second-order valence-corrected chi connectivity index (χ2v) is 20.8. The molecule has 0 aromatic heterocycles. The molecule has 0 N–H and O–H groups in total. The molecule has 5 aromatic carbocycles. The normalized spacial score (nSPS) is 21.6. The Kier molecular flexibility index (Phi) is 14.4. The summed E-state index contributed by atoms with van der Waals surface area (Å²) in [6, 6.07) is 48.2. The smallest absolute Gasteiger partial charge is 0.305 e. The number of hydrogen-bond acceptors (Lipinski definition) is 6. The van der Waals surface area contributed by atoms with Gasteiger partial charge in [0.1, 0.15) is 0 Å². The first-order valence-electron chi connectivity index (χ1n) is 16.2. The van der Waals surface area contributed by atoms with E-state index in [9.17, 15) is 0 Å². The van der Waals surface area contributed by atoms with Crippen molar-refractivity contribution in [2.24, 2.45) is 0 Å². The largest absolute Gasteiger partial charge is 2.00 e. The van der Waals surface area contributed by atoms with E-state index in [-0.39, 0.29) is 20.4 Å². The van der Waals surface area contributed by atoms with Gasteiger partial charge in [-0.15, -0.1) is 32.6 Å². The Morgan fingerprint density at radius 2 is 1.24 bits per heavy atom. The Balaban J connectivity index is 0.000000224. The molecule has 5 aromatic rings. The van der Waals surface area contributed by atoms with Crippen LogP contribution in [0.1, 0.15) is 38.8 Å². The van der Waals surface area contributed by atoms with Crippen molar-refractivity contribution >= 4 is 52.5 Å². The van der Waals surface area contributed by atoms with Gasteiger partial charge in [-0.05, 0) is 76.8 Å². The van der Waals surface area contributed by atoms with Crippen molar-refractivity contribution in [2.75, 3.05) is 14.1 Å². The SMILES string of the molecule is CC1=C(C)[C@@H]2[C@@H](P(c3ccccc3)c3ccccc3)C[C@H]1[P@@]2(=S)c1ccccc1.C[C@H](c1[c-]ccc2ccccc12)N(C)C.[O-][Cl+3]([O-])([O-])[O-].[Pd+2]. The average Bonchev–Trinajstić information content (AvgIpc) is 3.50. The monoisotopic (exact) mass is 835 g/mol. The quantitative estimate of drug-likeness (QED) is 0.110. The summed E-state index contributed by atoms with van der Waals surface area (Å²) in [5.41, 5.74) is 6.21. The Hall–Kier alpha value is -2.07. The van der Waals surface area contributed by atoms with E-state index in [2.05, 4.69) is 167 Å². The standard InChI is InChI=1S/C26H26P2S.C14H16N.ClHO4.Pd/c1-19-20(2)26-24(18-25(19)28(26,29)23-16-10-5-11-17-23)27(21-12-6-3-7-13-21)22-14-8-4-9-15-22;1-11(15(2)3)13-10-6-8-12-7-4-5-9-14(12)13;2-1(3,4)5;/h3-17,24-26H,18H2,1-2H3;4-9,11H,1-3H3;(H,2,3,4,5);/q;-1;;+2/p-1/t24-,25+,26+,28-;11-;;/m01../s1. The van der Waals surface area contributed by atoms with E-state index in [4.69, 9.17) is 30.4 Å². The van der Waals surface area contributed by atoms with E-state index >= 15 is 0 Å². The summed E-state index contributed by atoms with van der Waals surface area (Å²) in [6.07, 6.45) is 1.25. The summed E-state index contributed by atoms with van der Waals surface area (Å²) < 4.78 is 34.0. The predicted octanol–water partition coefficient (Wildman–Crippen LogP) is 4.29. The van der Waals surface area contributed by atoms with Gasteiger partial charge in [0, 0.05) is 17.4 Å². The van der Waals surface area contributed by atoms with Gasteiger partial charge in [0.05, 0.1) is 0 Å². The van der Waals surface area contributed by atoms with Gasteiger partial charge in [-0.25, -0.2) is 18.6 Å². The first-order valence-corrected chi connectivity index (χ1v) is 21.8. The summed E-state index contributed by atoms with van der Waals surface area (Å²) in [6.45, 7) is 6.94. The second-order valence-electron chi connectivity index (χ2n) is 12.7. The van der Waals surface area contributed by atoms with Crippen LogP contribution < -0.4 is 34.5 Å². The first kappa shape index (κ1) is 40.7. The molecule has 0 saturated carbocycles. The molecule has 0 unspecified atom stereocenters. The van der Waals surface area contributed by atoms with Gasteiger partial charge in [-0.3, -0.25) is 0 Å². The van der Waals surface area contributed by atoms with Gasteiger partial charge in [0.25, 0.3) is 0 Å². The molecule has 5 atom stereocenters. The van der Waals surface area contributed by atoms with Crippen LogP contribution in [0.2, 0.25) is 0 Å². The van der Waals surface area contributed by atoms with Crippen molar-refractivity contribution in [1.82, 2.24) is 4.90 Å². The second kappa shape index (κ2) is 17.6. The maximum Gasteiger partial charge on any atom is 2.00 e. The van der Waals surface area contributed by atoms with Crippen LogP contribution in [0.4, 0.5) is 0 Å². The van der Waals surface area contributed by atoms with Gasteiger partial charge in [0.15, 0.2) is 0 Å². The minimum Gasteiger partial charge on any atom is -0.305 e. The molecule has 10 heteroatoms. The molecule has 2 heterocycles. The Bertz CT molecular complexity index is 1880. The zero-order valence-electron chi connectivity index (χ0n) is 28.7. The topological polar surface area (TPSA) is 95.5 Å². The Labute approximate surface area is 319 Å². The molecule has 7 rings (SSSR count). The van der Waals surface area contributed by atoms with Crippen molar-refractivity contribution in [3.05, 3.63) is 150 Å². The minimum absolute atomic E-state index is 0. The molecule has 264 valence electrons. The number of fused-ring (bicyclic) bond motifs is 3. The van der Waals surface area contributed by atoms with Crippen LogP contribution in [-0.2, 0) is 32.2 Å². The van der Waals surface area contributed by atoms with Gasteiger partial charge in [-0.2, -0.15) is 18.2 Å². The fraction of sp³-hybridized carbons (Fsp3) is 0.250. The van der Waals surface area contributed by atoms with Crippen LogP contribution in [-0.4, -0.2) is 36.0 Å². The van der Waals surface area contributed by atoms with Gasteiger partial charge in [-0.1, -0.05) is 132 Å². The number of hydrogen-bond donors (Lipinski definition) is 0. The molecule has 2 bridgehead atoms. The molecule has 2 aliphatic rings. The molecular formula is C40H42ClNO4P2PdS. The van der Waals surface area contributed by atoms with E-state index in [1.54, 1.807) is 11.1 Å². The Morgan fingerprint density at radius 3 is 1.76 bits per heavy atom. The predicted molar refractivity (Wildman–Crippen MR) is 199 cm³/mol. The van der Waals surface area contributed by atoms with Gasteiger partial charge >= 0.3 is 20.4 Å². The molecular weight excluding hydrogens is 794 g/mol. The third kappa shape index (κ3) is 9.10. The zero-order chi connectivity index (χ0) is 35.3. The third-order valence-corrected chi connectivity index (χ3v) is 19.2. The van der Waals surface area contributed by atoms with E-state index < -0.39 is 24.2 Å². The summed E-state index contributed by atoms with van der Waals surface area (Å²) in [5, 5.41) is 7.03. The summed E-state index contributed by atoms with van der Waals surface area (Å²) in [7, 11) is -1.18. The van der Waals surface area contributed by atoms with E-state index in [0.717, 1.165) is 0 Å². The first-order chi connectivity index (χ1) is 23.3. The molecule has 0 radical (unpaired) electrons. The minimum atomic E-state index is -4.94. The third-order valence-electron chi connectivity index (χ3n) is 9.78. The molecule has 1 fully saturated rings. The molecule has 0 spiro atoms. The van der Waals surface area contributed by atoms with Crippen LogP contribution in [0.25, 0.3) is 10.8 Å². The maximum atomic E-state index is 8.49. The van der Waals surface area contributed by atoms with Crippen molar-refractivity contribution in [3.8, 4) is 0 Å². The van der Waals surface area contributed by atoms with Crippen LogP contribution in [0.3, 0.4) is 0 Å². The van der Waals surface area contributed by atoms with Crippen molar-refractivity contribution in [2.45, 2.75) is 50.2 Å². The van der Waals surface area contributed by atoms with E-state index in [0.29, 0.717) is 23.0 Å². The number of allylic oxidation sites excluding steroid dienone is 2. The number of halogens is 1. The summed E-state index contributed by atoms with van der Waals surface area (Å²) in [5.74, 6) is 0. The molecule has 0 amide bonds. The van der Waals surface area contributed by atoms with Crippen LogP contribution >= 0.6 is 14.0 Å². The average molecular weight is 837 g/mol. The molecule has 5 nitrogen and oxygen atoms in total. The summed E-state index contributed by atoms with van der Waals surface area (Å²) in [4.78, 5) is 2.21. The Morgan fingerprint density at radius 1 is 0.760 bits per heavy atom. The molecule has 0 aliphatic carbocycles. The fourth-order valence-electron chi connectivity index (χ4n) is 7.25. The van der Waals surface area contributed by atoms with Gasteiger partial charge in [0.2, 0.25) is 0 Å². The number of rotatable bonds is 6. The van der Waals surface area contributed by atoms with Crippen LogP contribution in [0.15, 0.2) is 139 Å². The molecule has 2 aliphatic heterocycles. The van der Waals surface area contributed by atoms with Crippen LogP contribution in [0.5, 0.6) is 0 Å². The van der Waals surface area contributed by atoms with Crippen LogP contribution in [0, 0.1) is 16.3 Å². The van der Waals surface area contributed by atoms with E-state index in [1.165, 1.54) is 38.7 Å².